The van der Waals surface area contributed by atoms with Gasteiger partial charge in [0, 0.05) is 17.0 Å². The van der Waals surface area contributed by atoms with Crippen LogP contribution >= 0.6 is 11.6 Å². The molecule has 0 aliphatic carbocycles. The Morgan fingerprint density at radius 2 is 1.91 bits per heavy atom. The largest absolute Gasteiger partial charge is 0.480 e. The first kappa shape index (κ1) is 16.0. The van der Waals surface area contributed by atoms with Crippen molar-refractivity contribution < 1.29 is 19.1 Å². The minimum atomic E-state index is -1.19. The van der Waals surface area contributed by atoms with Gasteiger partial charge in [0.1, 0.15) is 11.9 Å². The van der Waals surface area contributed by atoms with Gasteiger partial charge in [-0.15, -0.1) is 0 Å². The maximum atomic E-state index is 13.1. The van der Waals surface area contributed by atoms with E-state index in [9.17, 15) is 19.1 Å². The average Bonchev–Trinajstić information content (AvgIpc) is 2.48. The van der Waals surface area contributed by atoms with Crippen molar-refractivity contribution in [2.45, 2.75) is 12.5 Å². The van der Waals surface area contributed by atoms with Gasteiger partial charge < -0.3 is 10.4 Å². The first-order chi connectivity index (χ1) is 10.5. The van der Waals surface area contributed by atoms with Crippen molar-refractivity contribution in [2.75, 3.05) is 0 Å². The molecule has 1 atom stereocenters. The van der Waals surface area contributed by atoms with Crippen LogP contribution < -0.4 is 5.32 Å². The summed E-state index contributed by atoms with van der Waals surface area (Å²) >= 11 is 5.99. The van der Waals surface area contributed by atoms with E-state index in [0.29, 0.717) is 10.6 Å². The van der Waals surface area contributed by atoms with Crippen LogP contribution in [0.25, 0.3) is 0 Å². The molecule has 114 valence electrons. The Morgan fingerprint density at radius 3 is 2.55 bits per heavy atom. The normalized spacial score (nSPS) is 11.7. The maximum Gasteiger partial charge on any atom is 0.326 e. The van der Waals surface area contributed by atoms with E-state index in [-0.39, 0.29) is 12.0 Å². The van der Waals surface area contributed by atoms with Crippen molar-refractivity contribution in [3.05, 3.63) is 70.5 Å². The van der Waals surface area contributed by atoms with E-state index in [1.165, 1.54) is 18.2 Å². The van der Waals surface area contributed by atoms with Gasteiger partial charge in [0.25, 0.3) is 5.91 Å². The summed E-state index contributed by atoms with van der Waals surface area (Å²) < 4.78 is 13.1. The first-order valence-corrected chi connectivity index (χ1v) is 6.88. The fraction of sp³-hybridized carbons (Fsp3) is 0.125. The van der Waals surface area contributed by atoms with Crippen molar-refractivity contribution in [2.24, 2.45) is 0 Å². The van der Waals surface area contributed by atoms with E-state index in [1.54, 1.807) is 24.3 Å². The number of halogens is 2. The summed E-state index contributed by atoms with van der Waals surface area (Å²) in [5, 5.41) is 12.0. The molecule has 0 aliphatic heterocycles. The molecule has 0 unspecified atom stereocenters. The molecule has 0 aromatic heterocycles. The second-order valence-corrected chi connectivity index (χ2v) is 5.08. The molecule has 0 spiro atoms. The predicted molar refractivity (Wildman–Crippen MR) is 80.4 cm³/mol. The quantitative estimate of drug-likeness (QED) is 0.890. The third kappa shape index (κ3) is 4.05. The Balaban J connectivity index is 2.14. The Labute approximate surface area is 131 Å². The monoisotopic (exact) mass is 321 g/mol. The standard InChI is InChI=1S/C16H13ClFNO3/c17-13-7-2-1-4-10(13)9-14(16(21)22)19-15(20)11-5-3-6-12(18)8-11/h1-8,14H,9H2,(H,19,20)(H,21,22)/t14-/m1/s1. The van der Waals surface area contributed by atoms with Crippen LogP contribution in [0.15, 0.2) is 48.5 Å². The van der Waals surface area contributed by atoms with Gasteiger partial charge in [-0.2, -0.15) is 0 Å². The van der Waals surface area contributed by atoms with Crippen molar-refractivity contribution in [1.82, 2.24) is 5.32 Å². The van der Waals surface area contributed by atoms with Crippen molar-refractivity contribution in [3.63, 3.8) is 0 Å². The van der Waals surface area contributed by atoms with Gasteiger partial charge in [0.2, 0.25) is 0 Å². The van der Waals surface area contributed by atoms with Gasteiger partial charge in [-0.05, 0) is 29.8 Å². The predicted octanol–water partition coefficient (Wildman–Crippen LogP) is 2.90. The number of aliphatic carboxylic acids is 1. The zero-order valence-electron chi connectivity index (χ0n) is 11.4. The summed E-state index contributed by atoms with van der Waals surface area (Å²) in [6.45, 7) is 0. The second-order valence-electron chi connectivity index (χ2n) is 4.67. The summed E-state index contributed by atoms with van der Waals surface area (Å²) in [7, 11) is 0. The molecule has 0 radical (unpaired) electrons. The number of benzene rings is 2. The molecule has 1 amide bonds. The lowest BCUT2D eigenvalue weighted by molar-refractivity contribution is -0.139. The highest BCUT2D eigenvalue weighted by atomic mass is 35.5. The number of carboxylic acids is 1. The van der Waals surface area contributed by atoms with E-state index >= 15 is 0 Å². The van der Waals surface area contributed by atoms with Crippen molar-refractivity contribution >= 4 is 23.5 Å². The molecule has 0 aliphatic rings. The summed E-state index contributed by atoms with van der Waals surface area (Å²) in [5.41, 5.74) is 0.668. The first-order valence-electron chi connectivity index (χ1n) is 6.50. The smallest absolute Gasteiger partial charge is 0.326 e. The molecule has 2 aromatic carbocycles. The SMILES string of the molecule is O=C(N[C@H](Cc1ccccc1Cl)C(=O)O)c1cccc(F)c1. The van der Waals surface area contributed by atoms with Gasteiger partial charge in [-0.3, -0.25) is 4.79 Å². The molecule has 0 saturated carbocycles. The molecule has 6 heteroatoms. The van der Waals surface area contributed by atoms with E-state index < -0.39 is 23.7 Å². The minimum Gasteiger partial charge on any atom is -0.480 e. The van der Waals surface area contributed by atoms with Gasteiger partial charge in [0.05, 0.1) is 0 Å². The number of nitrogens with one attached hydrogen (secondary N) is 1. The minimum absolute atomic E-state index is 0.0378. The highest BCUT2D eigenvalue weighted by Gasteiger charge is 2.22. The number of carbonyl (C=O) groups is 2. The van der Waals surface area contributed by atoms with Gasteiger partial charge >= 0.3 is 5.97 Å². The van der Waals surface area contributed by atoms with Crippen LogP contribution in [-0.4, -0.2) is 23.0 Å². The van der Waals surface area contributed by atoms with Crippen molar-refractivity contribution in [1.29, 1.82) is 0 Å². The van der Waals surface area contributed by atoms with E-state index in [0.717, 1.165) is 6.07 Å². The summed E-state index contributed by atoms with van der Waals surface area (Å²) in [6.07, 6.45) is 0.0378. The Bertz CT molecular complexity index is 705. The highest BCUT2D eigenvalue weighted by Crippen LogP contribution is 2.17. The molecule has 2 rings (SSSR count). The zero-order chi connectivity index (χ0) is 16.1. The Kier molecular flexibility index (Phi) is 5.12. The fourth-order valence-electron chi connectivity index (χ4n) is 1.96. The summed E-state index contributed by atoms with van der Waals surface area (Å²) in [4.78, 5) is 23.3. The van der Waals surface area contributed by atoms with Crippen LogP contribution in [0, 0.1) is 5.82 Å². The number of rotatable bonds is 5. The van der Waals surface area contributed by atoms with E-state index in [1.807, 2.05) is 0 Å². The zero-order valence-corrected chi connectivity index (χ0v) is 12.2. The molecular formula is C16H13ClFNO3. The Hall–Kier alpha value is -2.40. The highest BCUT2D eigenvalue weighted by molar-refractivity contribution is 6.31. The van der Waals surface area contributed by atoms with Gasteiger partial charge in [0.15, 0.2) is 0 Å². The van der Waals surface area contributed by atoms with E-state index in [2.05, 4.69) is 5.32 Å². The lowest BCUT2D eigenvalue weighted by Crippen LogP contribution is -2.42. The molecule has 4 nitrogen and oxygen atoms in total. The van der Waals surface area contributed by atoms with Crippen LogP contribution in [0.1, 0.15) is 15.9 Å². The number of carboxylic acid groups (broad SMARTS) is 1. The lowest BCUT2D eigenvalue weighted by atomic mass is 10.1. The van der Waals surface area contributed by atoms with Gasteiger partial charge in [-0.25, -0.2) is 9.18 Å². The molecule has 0 heterocycles. The number of amides is 1. The molecule has 0 saturated heterocycles. The topological polar surface area (TPSA) is 66.4 Å². The summed E-state index contributed by atoms with van der Waals surface area (Å²) in [6, 6.07) is 10.7. The molecule has 0 bridgehead atoms. The molecule has 2 aromatic rings. The molecule has 22 heavy (non-hydrogen) atoms. The molecule has 0 fully saturated rings. The maximum absolute atomic E-state index is 13.1. The van der Waals surface area contributed by atoms with Gasteiger partial charge in [-0.1, -0.05) is 35.9 Å². The lowest BCUT2D eigenvalue weighted by Gasteiger charge is -2.15. The number of hydrogen-bond donors (Lipinski definition) is 2. The molecular weight excluding hydrogens is 309 g/mol. The van der Waals surface area contributed by atoms with Crippen LogP contribution in [-0.2, 0) is 11.2 Å². The third-order valence-electron chi connectivity index (χ3n) is 3.07. The molecule has 2 N–H and O–H groups in total. The fourth-order valence-corrected chi connectivity index (χ4v) is 2.17. The van der Waals surface area contributed by atoms with Crippen LogP contribution in [0.3, 0.4) is 0 Å². The van der Waals surface area contributed by atoms with Crippen LogP contribution in [0.2, 0.25) is 5.02 Å². The van der Waals surface area contributed by atoms with Crippen LogP contribution in [0.4, 0.5) is 4.39 Å². The number of carbonyl (C=O) groups excluding carboxylic acids is 1. The Morgan fingerprint density at radius 1 is 1.18 bits per heavy atom. The van der Waals surface area contributed by atoms with Crippen LogP contribution in [0.5, 0.6) is 0 Å². The second kappa shape index (κ2) is 7.04. The van der Waals surface area contributed by atoms with Crippen molar-refractivity contribution in [3.8, 4) is 0 Å². The third-order valence-corrected chi connectivity index (χ3v) is 3.44. The summed E-state index contributed by atoms with van der Waals surface area (Å²) in [5.74, 6) is -2.41. The average molecular weight is 322 g/mol. The number of hydrogen-bond acceptors (Lipinski definition) is 2. The van der Waals surface area contributed by atoms with E-state index in [4.69, 9.17) is 11.6 Å².